The Morgan fingerprint density at radius 3 is 2.42 bits per heavy atom. The molecule has 26 heavy (non-hydrogen) atoms. The molecule has 0 saturated heterocycles. The van der Waals surface area contributed by atoms with Crippen molar-refractivity contribution in [1.82, 2.24) is 0 Å². The summed E-state index contributed by atoms with van der Waals surface area (Å²) < 4.78 is 5.12. The molecule has 1 amide bonds. The molecule has 5 nitrogen and oxygen atoms in total. The van der Waals surface area contributed by atoms with Gasteiger partial charge in [-0.1, -0.05) is 42.0 Å². The lowest BCUT2D eigenvalue weighted by atomic mass is 10.1. The number of ether oxygens (including phenoxy) is 1. The Morgan fingerprint density at radius 1 is 1.12 bits per heavy atom. The number of carbonyl (C=O) groups excluding carboxylic acids is 2. The first kappa shape index (κ1) is 18.9. The molecule has 5 heteroatoms. The van der Waals surface area contributed by atoms with E-state index in [0.717, 1.165) is 11.1 Å². The number of nitriles is 1. The number of aryl methyl sites for hydroxylation is 2. The highest BCUT2D eigenvalue weighted by Gasteiger charge is 2.20. The third kappa shape index (κ3) is 5.32. The number of anilines is 1. The average molecular weight is 348 g/mol. The van der Waals surface area contributed by atoms with Crippen LogP contribution >= 0.6 is 0 Å². The molecule has 0 aliphatic rings. The maximum Gasteiger partial charge on any atom is 0.349 e. The minimum absolute atomic E-state index is 0.163. The smallest absolute Gasteiger partial charge is 0.349 e. The van der Waals surface area contributed by atoms with Gasteiger partial charge < -0.3 is 10.1 Å². The Kier molecular flexibility index (Phi) is 6.29. The number of amides is 1. The zero-order valence-electron chi connectivity index (χ0n) is 14.9. The van der Waals surface area contributed by atoms with Crippen molar-refractivity contribution >= 4 is 23.6 Å². The van der Waals surface area contributed by atoms with E-state index in [0.29, 0.717) is 11.3 Å². The van der Waals surface area contributed by atoms with E-state index in [1.807, 2.05) is 50.2 Å². The summed E-state index contributed by atoms with van der Waals surface area (Å²) in [6.45, 7) is 5.32. The number of rotatable bonds is 5. The number of hydrogen-bond acceptors (Lipinski definition) is 4. The Morgan fingerprint density at radius 2 is 1.81 bits per heavy atom. The maximum atomic E-state index is 12.2. The number of benzene rings is 2. The fraction of sp³-hybridized carbons (Fsp3) is 0.190. The van der Waals surface area contributed by atoms with E-state index in [9.17, 15) is 14.9 Å². The summed E-state index contributed by atoms with van der Waals surface area (Å²) in [5, 5.41) is 11.9. The van der Waals surface area contributed by atoms with E-state index in [1.54, 1.807) is 18.2 Å². The lowest BCUT2D eigenvalue weighted by Gasteiger charge is -2.13. The lowest BCUT2D eigenvalue weighted by molar-refractivity contribution is -0.148. The Balaban J connectivity index is 2.03. The zero-order valence-corrected chi connectivity index (χ0v) is 14.9. The Labute approximate surface area is 152 Å². The van der Waals surface area contributed by atoms with Gasteiger partial charge in [0.2, 0.25) is 0 Å². The molecule has 0 bridgehead atoms. The summed E-state index contributed by atoms with van der Waals surface area (Å²) >= 11 is 0. The third-order valence-corrected chi connectivity index (χ3v) is 3.67. The van der Waals surface area contributed by atoms with E-state index in [1.165, 1.54) is 13.0 Å². The zero-order chi connectivity index (χ0) is 19.1. The van der Waals surface area contributed by atoms with Crippen LogP contribution in [0.2, 0.25) is 0 Å². The van der Waals surface area contributed by atoms with Gasteiger partial charge in [0, 0.05) is 5.69 Å². The standard InChI is InChI=1S/C21H20N2O3/c1-14-7-9-17(10-8-14)12-18(13-22)21(25)26-16(3)20(24)23-19-6-4-5-15(2)11-19/h4-12,16H,1-3H3,(H,23,24)/b18-12+/t16-/m1/s1. The van der Waals surface area contributed by atoms with Crippen LogP contribution in [0, 0.1) is 25.2 Å². The SMILES string of the molecule is Cc1ccc(/C=C(\C#N)C(=O)O[C@H](C)C(=O)Nc2cccc(C)c2)cc1. The molecule has 0 aliphatic carbocycles. The summed E-state index contributed by atoms with van der Waals surface area (Å²) in [5.41, 5.74) is 3.24. The quantitative estimate of drug-likeness (QED) is 0.507. The molecule has 0 saturated carbocycles. The monoisotopic (exact) mass is 348 g/mol. The molecule has 1 N–H and O–H groups in total. The van der Waals surface area contributed by atoms with Crippen LogP contribution in [0.15, 0.2) is 54.1 Å². The van der Waals surface area contributed by atoms with Crippen LogP contribution in [0.25, 0.3) is 6.08 Å². The number of carbonyl (C=O) groups is 2. The van der Waals surface area contributed by atoms with E-state index in [4.69, 9.17) is 4.74 Å². The van der Waals surface area contributed by atoms with Crippen molar-refractivity contribution in [3.63, 3.8) is 0 Å². The molecule has 1 atom stereocenters. The van der Waals surface area contributed by atoms with Crippen molar-refractivity contribution < 1.29 is 14.3 Å². The van der Waals surface area contributed by atoms with Gasteiger partial charge in [0.25, 0.3) is 5.91 Å². The number of nitrogens with one attached hydrogen (secondary N) is 1. The van der Waals surface area contributed by atoms with Crippen LogP contribution in [0.3, 0.4) is 0 Å². The summed E-state index contributed by atoms with van der Waals surface area (Å²) in [6.07, 6.45) is 0.408. The largest absolute Gasteiger partial charge is 0.448 e. The third-order valence-electron chi connectivity index (χ3n) is 3.67. The molecule has 0 fully saturated rings. The molecular formula is C21H20N2O3. The number of hydrogen-bond donors (Lipinski definition) is 1. The molecule has 2 rings (SSSR count). The molecule has 0 radical (unpaired) electrons. The van der Waals surface area contributed by atoms with Gasteiger partial charge in [-0.3, -0.25) is 4.79 Å². The summed E-state index contributed by atoms with van der Waals surface area (Å²) in [4.78, 5) is 24.3. The maximum absolute atomic E-state index is 12.2. The van der Waals surface area contributed by atoms with Crippen molar-refractivity contribution in [2.24, 2.45) is 0 Å². The molecule has 0 heterocycles. The minimum atomic E-state index is -1.03. The van der Waals surface area contributed by atoms with Crippen molar-refractivity contribution in [3.8, 4) is 6.07 Å². The molecule has 0 unspecified atom stereocenters. The number of nitrogens with zero attached hydrogens (tertiary/aromatic N) is 1. The predicted molar refractivity (Wildman–Crippen MR) is 100 cm³/mol. The van der Waals surface area contributed by atoms with Crippen molar-refractivity contribution in [3.05, 3.63) is 70.8 Å². The van der Waals surface area contributed by atoms with Crippen molar-refractivity contribution in [1.29, 1.82) is 5.26 Å². The topological polar surface area (TPSA) is 79.2 Å². The highest BCUT2D eigenvalue weighted by Crippen LogP contribution is 2.13. The van der Waals surface area contributed by atoms with Crippen molar-refractivity contribution in [2.75, 3.05) is 5.32 Å². The fourth-order valence-corrected chi connectivity index (χ4v) is 2.21. The van der Waals surface area contributed by atoms with Crippen molar-refractivity contribution in [2.45, 2.75) is 26.9 Å². The van der Waals surface area contributed by atoms with Crippen LogP contribution in [0.1, 0.15) is 23.6 Å². The second-order valence-corrected chi connectivity index (χ2v) is 5.99. The van der Waals surface area contributed by atoms with Gasteiger partial charge in [-0.2, -0.15) is 5.26 Å². The summed E-state index contributed by atoms with van der Waals surface area (Å²) in [5.74, 6) is -1.29. The molecule has 0 aromatic heterocycles. The van der Waals surface area contributed by atoms with Crippen LogP contribution in [0.4, 0.5) is 5.69 Å². The lowest BCUT2D eigenvalue weighted by Crippen LogP contribution is -2.30. The second kappa shape index (κ2) is 8.63. The van der Waals surface area contributed by atoms with Gasteiger partial charge in [0.15, 0.2) is 6.10 Å². The molecule has 132 valence electrons. The molecule has 0 spiro atoms. The molecule has 0 aliphatic heterocycles. The van der Waals surface area contributed by atoms with Gasteiger partial charge in [0.1, 0.15) is 11.6 Å². The summed E-state index contributed by atoms with van der Waals surface area (Å²) in [6, 6.07) is 16.5. The first-order valence-electron chi connectivity index (χ1n) is 8.16. The van der Waals surface area contributed by atoms with Crippen LogP contribution in [0.5, 0.6) is 0 Å². The first-order valence-corrected chi connectivity index (χ1v) is 8.16. The van der Waals surface area contributed by atoms with E-state index >= 15 is 0 Å². The fourth-order valence-electron chi connectivity index (χ4n) is 2.21. The van der Waals surface area contributed by atoms with Gasteiger partial charge in [-0.25, -0.2) is 4.79 Å². The van der Waals surface area contributed by atoms with Crippen LogP contribution in [-0.4, -0.2) is 18.0 Å². The normalized spacial score (nSPS) is 12.0. The van der Waals surface area contributed by atoms with Gasteiger partial charge in [0.05, 0.1) is 0 Å². The predicted octanol–water partition coefficient (Wildman–Crippen LogP) is 3.78. The van der Waals surface area contributed by atoms with E-state index < -0.39 is 18.0 Å². The van der Waals surface area contributed by atoms with Crippen LogP contribution in [-0.2, 0) is 14.3 Å². The molecular weight excluding hydrogens is 328 g/mol. The second-order valence-electron chi connectivity index (χ2n) is 5.99. The summed E-state index contributed by atoms with van der Waals surface area (Å²) in [7, 11) is 0. The van der Waals surface area contributed by atoms with Gasteiger partial charge in [-0.15, -0.1) is 0 Å². The van der Waals surface area contributed by atoms with Gasteiger partial charge >= 0.3 is 5.97 Å². The first-order chi connectivity index (χ1) is 12.4. The Bertz CT molecular complexity index is 877. The minimum Gasteiger partial charge on any atom is -0.448 e. The molecule has 2 aromatic carbocycles. The molecule has 2 aromatic rings. The number of esters is 1. The van der Waals surface area contributed by atoms with Gasteiger partial charge in [-0.05, 0) is 50.1 Å². The average Bonchev–Trinajstić information content (AvgIpc) is 2.61. The van der Waals surface area contributed by atoms with E-state index in [-0.39, 0.29) is 5.57 Å². The highest BCUT2D eigenvalue weighted by atomic mass is 16.5. The Hall–Kier alpha value is -3.39. The van der Waals surface area contributed by atoms with E-state index in [2.05, 4.69) is 5.32 Å². The highest BCUT2D eigenvalue weighted by molar-refractivity contribution is 6.01. The van der Waals surface area contributed by atoms with Crippen LogP contribution < -0.4 is 5.32 Å².